The molecule has 0 aromatic heterocycles. The fourth-order valence-corrected chi connectivity index (χ4v) is 4.56. The number of carboxylic acids is 2. The number of hydrogen-bond donors (Lipinski definition) is 4. The van der Waals surface area contributed by atoms with Crippen LogP contribution in [0.5, 0.6) is 0 Å². The van der Waals surface area contributed by atoms with Crippen molar-refractivity contribution >= 4 is 45.4 Å². The van der Waals surface area contributed by atoms with Gasteiger partial charge in [-0.05, 0) is 16.8 Å². The number of esters is 1. The molecule has 4 N–H and O–H groups in total. The number of carbonyl (C=O) groups excluding carboxylic acids is 2. The van der Waals surface area contributed by atoms with Crippen LogP contribution in [0.25, 0.3) is 10.8 Å². The normalized spacial score (nSPS) is 16.1. The van der Waals surface area contributed by atoms with E-state index in [9.17, 15) is 28.3 Å². The number of benzene rings is 2. The summed E-state index contributed by atoms with van der Waals surface area (Å²) >= 11 is 0. The summed E-state index contributed by atoms with van der Waals surface area (Å²) in [6.07, 6.45) is 0. The molecule has 0 aliphatic carbocycles. The summed E-state index contributed by atoms with van der Waals surface area (Å²) in [7, 11) is -4.14. The fraction of sp³-hybridized carbons (Fsp3) is 0.125. The van der Waals surface area contributed by atoms with Gasteiger partial charge in [-0.25, -0.2) is 13.9 Å². The first kappa shape index (κ1) is 18.6. The van der Waals surface area contributed by atoms with Gasteiger partial charge in [-0.15, -0.1) is 0 Å². The molecule has 10 nitrogen and oxygen atoms in total. The van der Waals surface area contributed by atoms with Gasteiger partial charge in [-0.3, -0.25) is 18.7 Å². The van der Waals surface area contributed by atoms with Gasteiger partial charge in [0.05, 0.1) is 11.1 Å². The summed E-state index contributed by atoms with van der Waals surface area (Å²) in [6.45, 7) is -1.96. The van der Waals surface area contributed by atoms with Gasteiger partial charge >= 0.3 is 17.9 Å². The highest BCUT2D eigenvalue weighted by Gasteiger charge is 2.46. The second kappa shape index (κ2) is 6.54. The lowest BCUT2D eigenvalue weighted by atomic mass is 10.00. The maximum atomic E-state index is 12.7. The second-order valence-electron chi connectivity index (χ2n) is 5.57. The molecule has 2 aromatic carbocycles. The maximum absolute atomic E-state index is 12.7. The third kappa shape index (κ3) is 3.07. The number of hydrogen-bond acceptors (Lipinski definition) is 7. The molecule has 0 saturated heterocycles. The molecule has 0 bridgehead atoms. The van der Waals surface area contributed by atoms with Gasteiger partial charge in [0.25, 0.3) is 5.91 Å². The molecule has 0 saturated carbocycles. The number of aliphatic carboxylic acids is 2. The van der Waals surface area contributed by atoms with Crippen LogP contribution < -0.4 is 0 Å². The van der Waals surface area contributed by atoms with E-state index in [0.29, 0.717) is 15.1 Å². The monoisotopic (exact) mass is 395 g/mol. The van der Waals surface area contributed by atoms with Crippen molar-refractivity contribution in [3.05, 3.63) is 41.5 Å². The van der Waals surface area contributed by atoms with E-state index >= 15 is 0 Å². The van der Waals surface area contributed by atoms with E-state index in [1.807, 2.05) is 0 Å². The zero-order valence-corrected chi connectivity index (χ0v) is 14.3. The zero-order valence-electron chi connectivity index (χ0n) is 13.5. The van der Waals surface area contributed by atoms with Crippen LogP contribution in [-0.4, -0.2) is 60.6 Å². The highest BCUT2D eigenvalue weighted by molar-refractivity contribution is 8.23. The van der Waals surface area contributed by atoms with Gasteiger partial charge in [0.1, 0.15) is 11.4 Å². The lowest BCUT2D eigenvalue weighted by Crippen LogP contribution is -2.32. The molecule has 1 aliphatic heterocycles. The minimum Gasteiger partial charge on any atom is -0.480 e. The SMILES string of the molecule is O=C(O)COC(=O)c1cc2ccccc2c2c1S(O)(O)N(CC(=O)O)C2=O. The van der Waals surface area contributed by atoms with Gasteiger partial charge in [0.2, 0.25) is 0 Å². The minimum atomic E-state index is -4.14. The summed E-state index contributed by atoms with van der Waals surface area (Å²) in [6, 6.07) is 7.52. The summed E-state index contributed by atoms with van der Waals surface area (Å²) in [5, 5.41) is 18.3. The summed E-state index contributed by atoms with van der Waals surface area (Å²) in [5.74, 6) is -5.03. The number of carboxylic acid groups (broad SMARTS) is 2. The van der Waals surface area contributed by atoms with Gasteiger partial charge in [-0.2, -0.15) is 0 Å². The predicted octanol–water partition coefficient (Wildman–Crippen LogP) is 1.65. The van der Waals surface area contributed by atoms with Crippen LogP contribution in [0.15, 0.2) is 35.2 Å². The second-order valence-corrected chi connectivity index (χ2v) is 7.46. The molecule has 1 amide bonds. The smallest absolute Gasteiger partial charge is 0.341 e. The van der Waals surface area contributed by atoms with Gasteiger partial charge < -0.3 is 14.9 Å². The van der Waals surface area contributed by atoms with Crippen molar-refractivity contribution in [1.29, 1.82) is 0 Å². The first-order valence-corrected chi connectivity index (χ1v) is 8.91. The first-order valence-electron chi connectivity index (χ1n) is 7.41. The van der Waals surface area contributed by atoms with E-state index in [-0.39, 0.29) is 5.56 Å². The first-order chi connectivity index (χ1) is 12.6. The lowest BCUT2D eigenvalue weighted by Gasteiger charge is -2.36. The van der Waals surface area contributed by atoms with E-state index < -0.39 is 58.2 Å². The Kier molecular flexibility index (Phi) is 4.51. The van der Waals surface area contributed by atoms with Crippen molar-refractivity contribution in [2.45, 2.75) is 4.90 Å². The summed E-state index contributed by atoms with van der Waals surface area (Å²) in [4.78, 5) is 46.3. The van der Waals surface area contributed by atoms with Crippen LogP contribution in [-0.2, 0) is 14.3 Å². The molecule has 142 valence electrons. The standard InChI is InChI=1S/C16H13NO9S/c18-11(19)6-17-15(22)13-9-4-2-1-3-8(9)5-10(14(13)27(17,24)25)16(23)26-7-12(20)21/h1-5,24-25H,6-7H2,(H,18,19)(H,20,21). The van der Waals surface area contributed by atoms with Gasteiger partial charge in [0, 0.05) is 0 Å². The molecule has 0 unspecified atom stereocenters. The molecule has 27 heavy (non-hydrogen) atoms. The highest BCUT2D eigenvalue weighted by atomic mass is 32.3. The fourth-order valence-electron chi connectivity index (χ4n) is 2.82. The molecular formula is C16H13NO9S. The Morgan fingerprint density at radius 3 is 2.37 bits per heavy atom. The topological polar surface area (TPSA) is 162 Å². The molecule has 3 rings (SSSR count). The van der Waals surface area contributed by atoms with E-state index in [4.69, 9.17) is 10.2 Å². The average Bonchev–Trinajstić information content (AvgIpc) is 2.80. The molecule has 0 radical (unpaired) electrons. The third-order valence-corrected chi connectivity index (χ3v) is 5.73. The Labute approximate surface area is 153 Å². The van der Waals surface area contributed by atoms with Crippen LogP contribution in [0.1, 0.15) is 20.7 Å². The number of ether oxygens (including phenoxy) is 1. The molecular weight excluding hydrogens is 382 g/mol. The quantitative estimate of drug-likeness (QED) is 0.551. The van der Waals surface area contributed by atoms with Gasteiger partial charge in [-0.1, -0.05) is 35.0 Å². The van der Waals surface area contributed by atoms with Crippen LogP contribution >= 0.6 is 10.8 Å². The number of rotatable bonds is 5. The maximum Gasteiger partial charge on any atom is 0.341 e. The predicted molar refractivity (Wildman–Crippen MR) is 91.7 cm³/mol. The van der Waals surface area contributed by atoms with Crippen molar-refractivity contribution in [2.24, 2.45) is 0 Å². The molecule has 11 heteroatoms. The Bertz CT molecular complexity index is 1000. The summed E-state index contributed by atoms with van der Waals surface area (Å²) < 4.78 is 26.1. The molecule has 0 fully saturated rings. The largest absolute Gasteiger partial charge is 0.480 e. The zero-order chi connectivity index (χ0) is 19.9. The Morgan fingerprint density at radius 2 is 1.74 bits per heavy atom. The molecule has 0 spiro atoms. The van der Waals surface area contributed by atoms with Crippen molar-refractivity contribution in [1.82, 2.24) is 4.31 Å². The van der Waals surface area contributed by atoms with Crippen LogP contribution in [0.2, 0.25) is 0 Å². The van der Waals surface area contributed by atoms with Crippen molar-refractivity contribution in [3.63, 3.8) is 0 Å². The van der Waals surface area contributed by atoms with Crippen LogP contribution in [0.3, 0.4) is 0 Å². The van der Waals surface area contributed by atoms with Crippen molar-refractivity contribution in [3.8, 4) is 0 Å². The van der Waals surface area contributed by atoms with Crippen molar-refractivity contribution < 1.29 is 43.2 Å². The van der Waals surface area contributed by atoms with E-state index in [1.165, 1.54) is 12.1 Å². The van der Waals surface area contributed by atoms with E-state index in [1.54, 1.807) is 18.2 Å². The Hall–Kier alpha value is -3.15. The number of nitrogens with zero attached hydrogens (tertiary/aromatic N) is 1. The highest BCUT2D eigenvalue weighted by Crippen LogP contribution is 2.61. The van der Waals surface area contributed by atoms with Crippen LogP contribution in [0.4, 0.5) is 0 Å². The van der Waals surface area contributed by atoms with Gasteiger partial charge in [0.15, 0.2) is 6.61 Å². The number of carbonyl (C=O) groups is 4. The molecule has 1 aliphatic rings. The molecule has 2 aromatic rings. The van der Waals surface area contributed by atoms with E-state index in [2.05, 4.69) is 4.74 Å². The number of fused-ring (bicyclic) bond motifs is 3. The number of amides is 1. The lowest BCUT2D eigenvalue weighted by molar-refractivity contribution is -0.140. The minimum absolute atomic E-state index is 0.225. The Morgan fingerprint density at radius 1 is 1.07 bits per heavy atom. The van der Waals surface area contributed by atoms with Crippen LogP contribution in [0, 0.1) is 0 Å². The van der Waals surface area contributed by atoms with E-state index in [0.717, 1.165) is 0 Å². The Balaban J connectivity index is 2.26. The average molecular weight is 395 g/mol. The summed E-state index contributed by atoms with van der Waals surface area (Å²) in [5.41, 5.74) is -0.636. The molecule has 0 atom stereocenters. The van der Waals surface area contributed by atoms with Crippen molar-refractivity contribution in [2.75, 3.05) is 13.2 Å². The molecule has 1 heterocycles. The third-order valence-electron chi connectivity index (χ3n) is 3.85.